The first-order valence-electron chi connectivity index (χ1n) is 9.69. The van der Waals surface area contributed by atoms with Crippen LogP contribution in [0.25, 0.3) is 5.69 Å². The molecule has 0 bridgehead atoms. The molecule has 9 nitrogen and oxygen atoms in total. The van der Waals surface area contributed by atoms with E-state index in [1.165, 1.54) is 11.0 Å². The molecule has 1 spiro atoms. The highest BCUT2D eigenvalue weighted by Gasteiger charge is 2.53. The molecule has 2 aliphatic rings. The van der Waals surface area contributed by atoms with E-state index >= 15 is 0 Å². The molecule has 0 unspecified atom stereocenters. The van der Waals surface area contributed by atoms with Crippen LogP contribution in [0.4, 0.5) is 5.82 Å². The first-order valence-corrected chi connectivity index (χ1v) is 9.69. The maximum absolute atomic E-state index is 12.8. The SMILES string of the molecule is O=C1O[C@]2(CC[C@](O)(C(=O)Nc3cnn(-c4ccccc4)n3)CC2)c2cnccc21. The summed E-state index contributed by atoms with van der Waals surface area (Å²) in [7, 11) is 0. The van der Waals surface area contributed by atoms with Gasteiger partial charge in [0.1, 0.15) is 11.2 Å². The number of aromatic nitrogens is 4. The molecule has 3 aromatic rings. The van der Waals surface area contributed by atoms with Crippen LogP contribution in [0.1, 0.15) is 41.6 Å². The molecule has 1 aliphatic heterocycles. The van der Waals surface area contributed by atoms with Gasteiger partial charge in [0.05, 0.1) is 17.4 Å². The lowest BCUT2D eigenvalue weighted by Gasteiger charge is -2.40. The maximum atomic E-state index is 12.8. The van der Waals surface area contributed by atoms with E-state index < -0.39 is 17.1 Å². The lowest BCUT2D eigenvalue weighted by molar-refractivity contribution is -0.144. The van der Waals surface area contributed by atoms with Crippen LogP contribution in [0.2, 0.25) is 0 Å². The third-order valence-corrected chi connectivity index (χ3v) is 5.85. The van der Waals surface area contributed by atoms with E-state index in [2.05, 4.69) is 20.5 Å². The van der Waals surface area contributed by atoms with Gasteiger partial charge in [-0.15, -0.1) is 9.90 Å². The molecule has 2 N–H and O–H groups in total. The van der Waals surface area contributed by atoms with Crippen LogP contribution in [0, 0.1) is 0 Å². The van der Waals surface area contributed by atoms with Gasteiger partial charge in [-0.3, -0.25) is 9.78 Å². The molecule has 5 rings (SSSR count). The third-order valence-electron chi connectivity index (χ3n) is 5.85. The monoisotopic (exact) mass is 405 g/mol. The van der Waals surface area contributed by atoms with Crippen molar-refractivity contribution in [3.8, 4) is 5.69 Å². The first kappa shape index (κ1) is 18.4. The molecule has 0 radical (unpaired) electrons. The van der Waals surface area contributed by atoms with E-state index in [9.17, 15) is 14.7 Å². The molecule has 1 fully saturated rings. The number of para-hydroxylation sites is 1. The van der Waals surface area contributed by atoms with Crippen LogP contribution in [0.3, 0.4) is 0 Å². The van der Waals surface area contributed by atoms with Crippen molar-refractivity contribution in [1.29, 1.82) is 0 Å². The number of nitrogens with one attached hydrogen (secondary N) is 1. The number of rotatable bonds is 3. The fourth-order valence-corrected chi connectivity index (χ4v) is 4.13. The van der Waals surface area contributed by atoms with Gasteiger partial charge in [0, 0.05) is 18.0 Å². The average molecular weight is 405 g/mol. The van der Waals surface area contributed by atoms with Gasteiger partial charge in [-0.25, -0.2) is 4.79 Å². The van der Waals surface area contributed by atoms with E-state index in [0.717, 1.165) is 11.3 Å². The number of carbonyl (C=O) groups is 2. The van der Waals surface area contributed by atoms with Gasteiger partial charge in [-0.2, -0.15) is 5.10 Å². The Kier molecular flexibility index (Phi) is 4.14. The number of aliphatic hydroxyl groups is 1. The molecule has 152 valence electrons. The normalized spacial score (nSPS) is 25.0. The van der Waals surface area contributed by atoms with Gasteiger partial charge < -0.3 is 15.2 Å². The average Bonchev–Trinajstić information content (AvgIpc) is 3.35. The predicted molar refractivity (Wildman–Crippen MR) is 105 cm³/mol. The number of anilines is 1. The van der Waals surface area contributed by atoms with Gasteiger partial charge in [0.15, 0.2) is 5.82 Å². The van der Waals surface area contributed by atoms with Crippen LogP contribution in [-0.2, 0) is 15.1 Å². The summed E-state index contributed by atoms with van der Waals surface area (Å²) in [6.45, 7) is 0. The Hall–Kier alpha value is -3.59. The highest BCUT2D eigenvalue weighted by atomic mass is 16.6. The van der Waals surface area contributed by atoms with E-state index in [1.54, 1.807) is 18.5 Å². The van der Waals surface area contributed by atoms with Crippen LogP contribution < -0.4 is 5.32 Å². The summed E-state index contributed by atoms with van der Waals surface area (Å²) in [5, 5.41) is 22.0. The lowest BCUT2D eigenvalue weighted by Crippen LogP contribution is -2.49. The predicted octanol–water partition coefficient (Wildman–Crippen LogP) is 1.97. The summed E-state index contributed by atoms with van der Waals surface area (Å²) >= 11 is 0. The van der Waals surface area contributed by atoms with Crippen molar-refractivity contribution < 1.29 is 19.4 Å². The molecule has 0 atom stereocenters. The number of hydrogen-bond acceptors (Lipinski definition) is 7. The lowest BCUT2D eigenvalue weighted by atomic mass is 9.73. The Morgan fingerprint density at radius 3 is 2.63 bits per heavy atom. The van der Waals surface area contributed by atoms with Crippen molar-refractivity contribution in [1.82, 2.24) is 20.0 Å². The Balaban J connectivity index is 1.29. The molecule has 1 saturated carbocycles. The van der Waals surface area contributed by atoms with Gasteiger partial charge in [0.2, 0.25) is 0 Å². The molecule has 0 saturated heterocycles. The Morgan fingerprint density at radius 1 is 1.10 bits per heavy atom. The van der Waals surface area contributed by atoms with E-state index in [1.807, 2.05) is 30.3 Å². The molecule has 1 aromatic carbocycles. The quantitative estimate of drug-likeness (QED) is 0.640. The molecule has 3 heterocycles. The Labute approximate surface area is 171 Å². The summed E-state index contributed by atoms with van der Waals surface area (Å²) in [6.07, 6.45) is 5.57. The zero-order valence-corrected chi connectivity index (χ0v) is 16.0. The van der Waals surface area contributed by atoms with Crippen molar-refractivity contribution in [3.05, 3.63) is 66.1 Å². The number of amides is 1. The van der Waals surface area contributed by atoms with Crippen molar-refractivity contribution in [2.24, 2.45) is 0 Å². The first-order chi connectivity index (χ1) is 14.5. The summed E-state index contributed by atoms with van der Waals surface area (Å²) in [5.74, 6) is -0.688. The Bertz CT molecular complexity index is 1120. The fraction of sp³-hybridized carbons (Fsp3) is 0.286. The number of ether oxygens (including phenoxy) is 1. The molecule has 1 aliphatic carbocycles. The summed E-state index contributed by atoms with van der Waals surface area (Å²) < 4.78 is 5.66. The van der Waals surface area contributed by atoms with Gasteiger partial charge in [0.25, 0.3) is 5.91 Å². The van der Waals surface area contributed by atoms with E-state index in [-0.39, 0.29) is 24.6 Å². The Morgan fingerprint density at radius 2 is 1.87 bits per heavy atom. The largest absolute Gasteiger partial charge is 0.450 e. The fourth-order valence-electron chi connectivity index (χ4n) is 4.13. The molecule has 30 heavy (non-hydrogen) atoms. The van der Waals surface area contributed by atoms with Gasteiger partial charge in [-0.05, 0) is 43.9 Å². The molecular weight excluding hydrogens is 386 g/mol. The number of esters is 1. The zero-order chi connectivity index (χ0) is 20.8. The van der Waals surface area contributed by atoms with Crippen molar-refractivity contribution >= 4 is 17.7 Å². The number of fused-ring (bicyclic) bond motifs is 2. The number of hydrogen-bond donors (Lipinski definition) is 2. The summed E-state index contributed by atoms with van der Waals surface area (Å²) in [4.78, 5) is 30.5. The minimum atomic E-state index is -1.58. The van der Waals surface area contributed by atoms with Crippen molar-refractivity contribution in [2.75, 3.05) is 5.32 Å². The third kappa shape index (κ3) is 2.94. The van der Waals surface area contributed by atoms with E-state index in [0.29, 0.717) is 18.4 Å². The smallest absolute Gasteiger partial charge is 0.339 e. The summed E-state index contributed by atoms with van der Waals surface area (Å²) in [5.41, 5.74) is -0.435. The highest BCUT2D eigenvalue weighted by Crippen LogP contribution is 2.49. The van der Waals surface area contributed by atoms with Crippen LogP contribution >= 0.6 is 0 Å². The van der Waals surface area contributed by atoms with Crippen LogP contribution in [0.5, 0.6) is 0 Å². The molecule has 1 amide bonds. The second kappa shape index (κ2) is 6.74. The van der Waals surface area contributed by atoms with Crippen LogP contribution in [-0.4, -0.2) is 42.6 Å². The van der Waals surface area contributed by atoms with Crippen molar-refractivity contribution in [2.45, 2.75) is 36.9 Å². The minimum absolute atomic E-state index is 0.146. The topological polar surface area (TPSA) is 119 Å². The molecule has 2 aromatic heterocycles. The minimum Gasteiger partial charge on any atom is -0.450 e. The van der Waals surface area contributed by atoms with Gasteiger partial charge in [-0.1, -0.05) is 18.2 Å². The maximum Gasteiger partial charge on any atom is 0.339 e. The van der Waals surface area contributed by atoms with Crippen molar-refractivity contribution in [3.63, 3.8) is 0 Å². The van der Waals surface area contributed by atoms with E-state index in [4.69, 9.17) is 4.74 Å². The number of carbonyl (C=O) groups excluding carboxylic acids is 2. The zero-order valence-electron chi connectivity index (χ0n) is 16.0. The van der Waals surface area contributed by atoms with Gasteiger partial charge >= 0.3 is 5.97 Å². The van der Waals surface area contributed by atoms with Crippen LogP contribution in [0.15, 0.2) is 55.0 Å². The second-order valence-corrected chi connectivity index (χ2v) is 7.65. The number of nitrogens with zero attached hydrogens (tertiary/aromatic N) is 4. The number of pyridine rings is 1. The molecular formula is C21H19N5O4. The highest BCUT2D eigenvalue weighted by molar-refractivity contribution is 5.97. The second-order valence-electron chi connectivity index (χ2n) is 7.65. The standard InChI is InChI=1S/C21H19N5O4/c27-18-15-6-11-22-12-16(15)21(30-18)9-7-20(29,8-10-21)19(28)24-17-13-23-26(25-17)14-4-2-1-3-5-14/h1-6,11-13,29H,7-10H2,(H,24,25,28)/t20-,21+. The number of benzene rings is 1. The molecule has 9 heteroatoms. The summed E-state index contributed by atoms with van der Waals surface area (Å²) in [6, 6.07) is 10.9.